The monoisotopic (exact) mass is 370 g/mol. The van der Waals surface area contributed by atoms with Gasteiger partial charge in [0.15, 0.2) is 17.3 Å². The number of nitrogens with one attached hydrogen (secondary N) is 1. The summed E-state index contributed by atoms with van der Waals surface area (Å²) in [5.74, 6) is 1.06. The quantitative estimate of drug-likeness (QED) is 0.686. The summed E-state index contributed by atoms with van der Waals surface area (Å²) in [7, 11) is 0. The Bertz CT molecular complexity index is 1020. The van der Waals surface area contributed by atoms with Crippen LogP contribution in [0.4, 0.5) is 0 Å². The van der Waals surface area contributed by atoms with Crippen molar-refractivity contribution in [2.75, 3.05) is 19.9 Å². The highest BCUT2D eigenvalue weighted by molar-refractivity contribution is 5.91. The summed E-state index contributed by atoms with van der Waals surface area (Å²) in [5.41, 5.74) is 0.772. The van der Waals surface area contributed by atoms with Gasteiger partial charge in [0.05, 0.1) is 18.3 Å². The van der Waals surface area contributed by atoms with Crippen LogP contribution in [0.2, 0.25) is 0 Å². The van der Waals surface area contributed by atoms with E-state index in [1.165, 1.54) is 11.2 Å². The number of nitrogens with zero attached hydrogens (tertiary/aromatic N) is 1. The zero-order valence-corrected chi connectivity index (χ0v) is 14.4. The molecule has 1 aliphatic rings. The number of aromatic amines is 1. The molecule has 1 aromatic carbocycles. The molecule has 1 aliphatic heterocycles. The molecule has 0 bridgehead atoms. The van der Waals surface area contributed by atoms with Crippen LogP contribution in [0, 0.1) is 0 Å². The van der Waals surface area contributed by atoms with Crippen molar-refractivity contribution >= 4 is 16.8 Å². The topological polar surface area (TPSA) is 105 Å². The maximum absolute atomic E-state index is 12.6. The molecule has 8 heteroatoms. The molecular formula is C19H18N2O6. The summed E-state index contributed by atoms with van der Waals surface area (Å²) < 4.78 is 15.9. The minimum Gasteiger partial charge on any atom is -0.459 e. The zero-order valence-electron chi connectivity index (χ0n) is 14.4. The lowest BCUT2D eigenvalue weighted by atomic mass is 10.1. The van der Waals surface area contributed by atoms with Gasteiger partial charge in [0.25, 0.3) is 11.5 Å². The first kappa shape index (κ1) is 17.2. The molecule has 0 fully saturated rings. The number of hydrogen-bond donors (Lipinski definition) is 2. The number of carbonyl (C=O) groups excluding carboxylic acids is 1. The van der Waals surface area contributed by atoms with Crippen molar-refractivity contribution in [3.8, 4) is 11.5 Å². The molecular weight excluding hydrogens is 352 g/mol. The molecule has 1 amide bonds. The number of rotatable bonds is 6. The molecule has 8 nitrogen and oxygen atoms in total. The van der Waals surface area contributed by atoms with Crippen LogP contribution in [0.3, 0.4) is 0 Å². The van der Waals surface area contributed by atoms with Crippen molar-refractivity contribution in [1.29, 1.82) is 0 Å². The van der Waals surface area contributed by atoms with E-state index in [0.29, 0.717) is 35.5 Å². The Labute approximate surface area is 153 Å². The van der Waals surface area contributed by atoms with Crippen molar-refractivity contribution < 1.29 is 23.8 Å². The fraction of sp³-hybridized carbons (Fsp3) is 0.263. The molecule has 27 heavy (non-hydrogen) atoms. The highest BCUT2D eigenvalue weighted by Gasteiger charge is 2.20. The third-order valence-electron chi connectivity index (χ3n) is 4.38. The Kier molecular flexibility index (Phi) is 4.55. The molecule has 0 atom stereocenters. The number of aliphatic hydroxyl groups is 1. The Hall–Kier alpha value is -3.26. The van der Waals surface area contributed by atoms with E-state index in [4.69, 9.17) is 19.0 Å². The molecule has 0 unspecified atom stereocenters. The van der Waals surface area contributed by atoms with Crippen molar-refractivity contribution in [2.24, 2.45) is 0 Å². The second-order valence-electron chi connectivity index (χ2n) is 6.20. The molecule has 0 saturated carbocycles. The number of aromatic nitrogens is 1. The number of aliphatic hydroxyl groups excluding tert-OH is 1. The van der Waals surface area contributed by atoms with Crippen LogP contribution < -0.4 is 15.0 Å². The summed E-state index contributed by atoms with van der Waals surface area (Å²) in [6.07, 6.45) is 1.82. The van der Waals surface area contributed by atoms with Gasteiger partial charge >= 0.3 is 0 Å². The van der Waals surface area contributed by atoms with E-state index in [9.17, 15) is 9.59 Å². The third-order valence-corrected chi connectivity index (χ3v) is 4.38. The van der Waals surface area contributed by atoms with Crippen molar-refractivity contribution in [1.82, 2.24) is 9.88 Å². The van der Waals surface area contributed by atoms with Crippen LogP contribution in [0.15, 0.2) is 45.8 Å². The number of furan rings is 1. The number of fused-ring (bicyclic) bond motifs is 2. The highest BCUT2D eigenvalue weighted by atomic mass is 16.7. The van der Waals surface area contributed by atoms with Gasteiger partial charge in [0.2, 0.25) is 6.79 Å². The summed E-state index contributed by atoms with van der Waals surface area (Å²) in [6.45, 7) is 0.489. The van der Waals surface area contributed by atoms with E-state index in [1.807, 2.05) is 0 Å². The van der Waals surface area contributed by atoms with Crippen molar-refractivity contribution in [3.63, 3.8) is 0 Å². The minimum atomic E-state index is -0.335. The van der Waals surface area contributed by atoms with E-state index >= 15 is 0 Å². The predicted octanol–water partition coefficient (Wildman–Crippen LogP) is 1.87. The molecule has 0 saturated heterocycles. The van der Waals surface area contributed by atoms with Gasteiger partial charge in [-0.25, -0.2) is 0 Å². The maximum Gasteiger partial charge on any atom is 0.289 e. The summed E-state index contributed by atoms with van der Waals surface area (Å²) in [5, 5.41) is 9.90. The molecule has 2 N–H and O–H groups in total. The number of hydrogen-bond acceptors (Lipinski definition) is 6. The molecule has 4 rings (SSSR count). The molecule has 0 radical (unpaired) electrons. The van der Waals surface area contributed by atoms with E-state index in [1.54, 1.807) is 30.3 Å². The van der Waals surface area contributed by atoms with Crippen molar-refractivity contribution in [2.45, 2.75) is 13.0 Å². The lowest BCUT2D eigenvalue weighted by Crippen LogP contribution is -2.33. The van der Waals surface area contributed by atoms with Gasteiger partial charge in [-0.15, -0.1) is 0 Å². The Balaban J connectivity index is 1.66. The van der Waals surface area contributed by atoms with Gasteiger partial charge in [-0.1, -0.05) is 0 Å². The van der Waals surface area contributed by atoms with Crippen LogP contribution in [-0.4, -0.2) is 40.8 Å². The highest BCUT2D eigenvalue weighted by Crippen LogP contribution is 2.35. The van der Waals surface area contributed by atoms with Gasteiger partial charge < -0.3 is 28.9 Å². The summed E-state index contributed by atoms with van der Waals surface area (Å²) in [4.78, 5) is 29.5. The SMILES string of the molecule is O=C(c1ccco1)N(CCCO)Cc1cc2cc3c(cc2[nH]c1=O)OCO3. The number of ether oxygens (including phenoxy) is 2. The number of pyridine rings is 1. The van der Waals surface area contributed by atoms with E-state index in [-0.39, 0.29) is 37.2 Å². The van der Waals surface area contributed by atoms with Crippen LogP contribution >= 0.6 is 0 Å². The second kappa shape index (κ2) is 7.16. The predicted molar refractivity (Wildman–Crippen MR) is 95.8 cm³/mol. The standard InChI is InChI=1S/C19H18N2O6/c22-5-2-4-21(19(24)15-3-1-6-25-15)10-13-7-12-8-16-17(27-11-26-16)9-14(12)20-18(13)23/h1,3,6-9,22H,2,4-5,10-11H2,(H,20,23). The van der Waals surface area contributed by atoms with E-state index < -0.39 is 0 Å². The Morgan fingerprint density at radius 1 is 1.22 bits per heavy atom. The van der Waals surface area contributed by atoms with Gasteiger partial charge in [-0.05, 0) is 30.7 Å². The smallest absolute Gasteiger partial charge is 0.289 e. The van der Waals surface area contributed by atoms with Crippen LogP contribution in [0.1, 0.15) is 22.5 Å². The molecule has 0 spiro atoms. The molecule has 3 aromatic rings. The molecule has 140 valence electrons. The number of amides is 1. The molecule has 0 aliphatic carbocycles. The van der Waals surface area contributed by atoms with Gasteiger partial charge in [0.1, 0.15) is 0 Å². The maximum atomic E-state index is 12.6. The number of H-pyrrole nitrogens is 1. The Morgan fingerprint density at radius 3 is 2.78 bits per heavy atom. The second-order valence-corrected chi connectivity index (χ2v) is 6.20. The first-order chi connectivity index (χ1) is 13.2. The van der Waals surface area contributed by atoms with E-state index in [2.05, 4.69) is 4.98 Å². The number of benzene rings is 1. The lowest BCUT2D eigenvalue weighted by molar-refractivity contribution is 0.0699. The number of carbonyl (C=O) groups is 1. The normalized spacial score (nSPS) is 12.5. The van der Waals surface area contributed by atoms with Crippen LogP contribution in [0.25, 0.3) is 10.9 Å². The first-order valence-corrected chi connectivity index (χ1v) is 8.55. The zero-order chi connectivity index (χ0) is 18.8. The average Bonchev–Trinajstić information content (AvgIpc) is 3.34. The van der Waals surface area contributed by atoms with E-state index in [0.717, 1.165) is 5.39 Å². The average molecular weight is 370 g/mol. The summed E-state index contributed by atoms with van der Waals surface area (Å²) in [6, 6.07) is 8.45. The van der Waals surface area contributed by atoms with Crippen LogP contribution in [0.5, 0.6) is 11.5 Å². The fourth-order valence-electron chi connectivity index (χ4n) is 3.03. The first-order valence-electron chi connectivity index (χ1n) is 8.55. The third kappa shape index (κ3) is 3.39. The molecule has 3 heterocycles. The molecule has 2 aromatic heterocycles. The van der Waals surface area contributed by atoms with Gasteiger partial charge in [-0.2, -0.15) is 0 Å². The van der Waals surface area contributed by atoms with Gasteiger partial charge in [-0.3, -0.25) is 9.59 Å². The largest absolute Gasteiger partial charge is 0.459 e. The lowest BCUT2D eigenvalue weighted by Gasteiger charge is -2.21. The van der Waals surface area contributed by atoms with Gasteiger partial charge in [0, 0.05) is 30.2 Å². The Morgan fingerprint density at radius 2 is 2.04 bits per heavy atom. The minimum absolute atomic E-state index is 0.0561. The van der Waals surface area contributed by atoms with Crippen molar-refractivity contribution in [3.05, 3.63) is 58.3 Å². The summed E-state index contributed by atoms with van der Waals surface area (Å²) >= 11 is 0. The fourth-order valence-corrected chi connectivity index (χ4v) is 3.03. The van der Waals surface area contributed by atoms with Crippen LogP contribution in [-0.2, 0) is 6.54 Å².